The van der Waals surface area contributed by atoms with Crippen molar-refractivity contribution in [2.24, 2.45) is 0 Å². The fourth-order valence-corrected chi connectivity index (χ4v) is 1.56. The predicted molar refractivity (Wildman–Crippen MR) is 77.6 cm³/mol. The molecule has 100 valence electrons. The molecule has 0 radical (unpaired) electrons. The molecule has 1 aromatic carbocycles. The van der Waals surface area contributed by atoms with E-state index in [0.717, 1.165) is 17.1 Å². The van der Waals surface area contributed by atoms with Crippen molar-refractivity contribution < 1.29 is 4.48 Å². The lowest BCUT2D eigenvalue weighted by molar-refractivity contribution is 0.444. The van der Waals surface area contributed by atoms with Gasteiger partial charge in [-0.1, -0.05) is 54.4 Å². The summed E-state index contributed by atoms with van der Waals surface area (Å²) in [5.74, 6) is 0. The van der Waals surface area contributed by atoms with Gasteiger partial charge in [0.1, 0.15) is 0 Å². The lowest BCUT2D eigenvalue weighted by atomic mass is 10.0. The highest BCUT2D eigenvalue weighted by atomic mass is 19.2. The molecule has 1 nitrogen and oxygen atoms in total. The summed E-state index contributed by atoms with van der Waals surface area (Å²) in [6.07, 6.45) is 6.86. The first-order valence-corrected chi connectivity index (χ1v) is 6.80. The zero-order valence-electron chi connectivity index (χ0n) is 11.6. The molecule has 0 bridgehead atoms. The third-order valence-electron chi connectivity index (χ3n) is 3.00. The molecule has 1 aromatic rings. The van der Waals surface area contributed by atoms with E-state index in [1.807, 2.05) is 19.1 Å². The highest BCUT2D eigenvalue weighted by Gasteiger charge is 2.01. The Labute approximate surface area is 110 Å². The third kappa shape index (κ3) is 5.35. The first-order valence-electron chi connectivity index (χ1n) is 6.80. The minimum absolute atomic E-state index is 0.375. The number of benzene rings is 1. The van der Waals surface area contributed by atoms with Crippen molar-refractivity contribution in [3.63, 3.8) is 0 Å². The predicted octanol–water partition coefficient (Wildman–Crippen LogP) is 5.08. The Morgan fingerprint density at radius 3 is 2.00 bits per heavy atom. The van der Waals surface area contributed by atoms with Gasteiger partial charge in [-0.05, 0) is 38.0 Å². The van der Waals surface area contributed by atoms with E-state index in [9.17, 15) is 4.48 Å². The largest absolute Gasteiger partial charge is 0.212 e. The summed E-state index contributed by atoms with van der Waals surface area (Å²) in [6, 6.07) is 7.46. The summed E-state index contributed by atoms with van der Waals surface area (Å²) >= 11 is 0. The quantitative estimate of drug-likeness (QED) is 0.531. The molecule has 0 unspecified atom stereocenters. The van der Waals surface area contributed by atoms with Crippen molar-refractivity contribution in [1.29, 1.82) is 0 Å². The first-order chi connectivity index (χ1) is 8.63. The summed E-state index contributed by atoms with van der Waals surface area (Å²) in [7, 11) is 0. The Hall–Kier alpha value is -1.31. The van der Waals surface area contributed by atoms with E-state index in [0.29, 0.717) is 12.2 Å². The van der Waals surface area contributed by atoms with Crippen molar-refractivity contribution in [1.82, 2.24) is 0 Å². The zero-order valence-corrected chi connectivity index (χ0v) is 11.6. The van der Waals surface area contributed by atoms with Gasteiger partial charge in [-0.25, -0.2) is 5.12 Å². The number of nitrogens with zero attached hydrogens (tertiary/aromatic N) is 1. The van der Waals surface area contributed by atoms with Crippen LogP contribution in [0.25, 0.3) is 0 Å². The number of halogens is 1. The van der Waals surface area contributed by atoms with E-state index in [4.69, 9.17) is 0 Å². The van der Waals surface area contributed by atoms with E-state index >= 15 is 0 Å². The van der Waals surface area contributed by atoms with Crippen molar-refractivity contribution in [2.75, 3.05) is 11.7 Å². The number of hydrogen-bond acceptors (Lipinski definition) is 1. The smallest absolute Gasteiger partial charge is 0.0687 e. The maximum absolute atomic E-state index is 13.1. The van der Waals surface area contributed by atoms with Crippen LogP contribution >= 0.6 is 0 Å². The fraction of sp³-hybridized carbons (Fsp3) is 0.500. The van der Waals surface area contributed by atoms with Gasteiger partial charge < -0.3 is 0 Å². The van der Waals surface area contributed by atoms with Gasteiger partial charge in [-0.2, -0.15) is 0 Å². The Morgan fingerprint density at radius 2 is 1.67 bits per heavy atom. The van der Waals surface area contributed by atoms with Gasteiger partial charge in [0.25, 0.3) is 0 Å². The van der Waals surface area contributed by atoms with Gasteiger partial charge in [0.15, 0.2) is 0 Å². The van der Waals surface area contributed by atoms with Crippen molar-refractivity contribution in [3.8, 4) is 0 Å². The maximum Gasteiger partial charge on any atom is 0.0687 e. The monoisotopic (exact) mass is 249 g/mol. The summed E-state index contributed by atoms with van der Waals surface area (Å²) in [5.41, 5.74) is 2.90. The van der Waals surface area contributed by atoms with E-state index in [1.54, 1.807) is 19.1 Å². The van der Waals surface area contributed by atoms with Crippen molar-refractivity contribution in [2.45, 2.75) is 46.0 Å². The normalized spacial score (nSPS) is 13.1. The second kappa shape index (κ2) is 7.91. The topological polar surface area (TPSA) is 3.24 Å². The molecule has 0 heterocycles. The van der Waals surface area contributed by atoms with Crippen LogP contribution in [0.3, 0.4) is 0 Å². The Bertz CT molecular complexity index is 348. The summed E-state index contributed by atoms with van der Waals surface area (Å²) in [4.78, 5) is 0. The van der Waals surface area contributed by atoms with Gasteiger partial charge in [0.05, 0.1) is 5.69 Å². The van der Waals surface area contributed by atoms with Crippen LogP contribution in [-0.4, -0.2) is 6.54 Å². The molecule has 2 heteroatoms. The molecule has 0 aromatic heterocycles. The molecule has 0 saturated heterocycles. The Balaban J connectivity index is 0.000000341. The minimum Gasteiger partial charge on any atom is -0.212 e. The summed E-state index contributed by atoms with van der Waals surface area (Å²) in [6.45, 7) is 7.98. The number of allylic oxidation sites excluding steroid dienone is 1. The summed E-state index contributed by atoms with van der Waals surface area (Å²) < 4.78 is 13.1. The summed E-state index contributed by atoms with van der Waals surface area (Å²) in [5, 5.41) is 0.727. The van der Waals surface area contributed by atoms with Gasteiger partial charge in [0.2, 0.25) is 0 Å². The Kier molecular flexibility index (Phi) is 6.48. The molecule has 1 saturated carbocycles. The molecular weight excluding hydrogens is 225 g/mol. The highest BCUT2D eigenvalue weighted by Crippen LogP contribution is 2.16. The van der Waals surface area contributed by atoms with Crippen LogP contribution in [0.2, 0.25) is 0 Å². The van der Waals surface area contributed by atoms with E-state index in [2.05, 4.69) is 6.58 Å². The second-order valence-corrected chi connectivity index (χ2v) is 4.89. The van der Waals surface area contributed by atoms with E-state index in [-0.39, 0.29) is 0 Å². The van der Waals surface area contributed by atoms with E-state index < -0.39 is 0 Å². The SMILES string of the molecule is C1CCC1.C=C(C)Cc1ccc(N(F)CC)cc1. The van der Waals surface area contributed by atoms with Crippen LogP contribution in [0.15, 0.2) is 36.4 Å². The van der Waals surface area contributed by atoms with Crippen LogP contribution in [0, 0.1) is 0 Å². The van der Waals surface area contributed by atoms with Crippen LogP contribution in [0.4, 0.5) is 10.2 Å². The van der Waals surface area contributed by atoms with Gasteiger partial charge in [-0.3, -0.25) is 0 Å². The Morgan fingerprint density at radius 1 is 1.17 bits per heavy atom. The molecule has 18 heavy (non-hydrogen) atoms. The molecular formula is C16H24FN. The van der Waals surface area contributed by atoms with Crippen molar-refractivity contribution >= 4 is 5.69 Å². The lowest BCUT2D eigenvalue weighted by Gasteiger charge is -2.11. The second-order valence-electron chi connectivity index (χ2n) is 4.89. The molecule has 2 rings (SSSR count). The zero-order chi connectivity index (χ0) is 13.4. The third-order valence-corrected chi connectivity index (χ3v) is 3.00. The first kappa shape index (κ1) is 14.7. The number of hydrogen-bond donors (Lipinski definition) is 0. The van der Waals surface area contributed by atoms with Gasteiger partial charge in [-0.15, -0.1) is 0 Å². The standard InChI is InChI=1S/C12H16FN.C4H8/c1-4-14(13)12-7-5-11(6-8-12)9-10(2)3;1-2-4-3-1/h5-8H,2,4,9H2,1,3H3;1-4H2. The minimum atomic E-state index is 0.375. The van der Waals surface area contributed by atoms with E-state index in [1.165, 1.54) is 31.2 Å². The van der Waals surface area contributed by atoms with Crippen molar-refractivity contribution in [3.05, 3.63) is 42.0 Å². The lowest BCUT2D eigenvalue weighted by Crippen LogP contribution is -2.09. The highest BCUT2D eigenvalue weighted by molar-refractivity contribution is 5.45. The van der Waals surface area contributed by atoms with Crippen LogP contribution < -0.4 is 5.12 Å². The average molecular weight is 249 g/mol. The van der Waals surface area contributed by atoms with Crippen LogP contribution in [0.5, 0.6) is 0 Å². The number of anilines is 1. The molecule has 1 fully saturated rings. The molecule has 0 spiro atoms. The fourth-order valence-electron chi connectivity index (χ4n) is 1.56. The van der Waals surface area contributed by atoms with Gasteiger partial charge >= 0.3 is 0 Å². The molecule has 0 aliphatic heterocycles. The average Bonchev–Trinajstić information content (AvgIpc) is 2.26. The molecule has 1 aliphatic carbocycles. The molecule has 1 aliphatic rings. The number of rotatable bonds is 4. The van der Waals surface area contributed by atoms with Crippen LogP contribution in [-0.2, 0) is 6.42 Å². The van der Waals surface area contributed by atoms with Crippen LogP contribution in [0.1, 0.15) is 45.1 Å². The molecule has 0 amide bonds. The maximum atomic E-state index is 13.1. The molecule has 0 N–H and O–H groups in total. The van der Waals surface area contributed by atoms with Gasteiger partial charge in [0, 0.05) is 6.54 Å². The molecule has 0 atom stereocenters.